The molecule has 0 spiro atoms. The van der Waals surface area contributed by atoms with E-state index in [9.17, 15) is 4.79 Å². The second-order valence-corrected chi connectivity index (χ2v) is 7.69. The van der Waals surface area contributed by atoms with E-state index in [1.54, 1.807) is 18.5 Å². The van der Waals surface area contributed by atoms with Crippen LogP contribution in [0.2, 0.25) is 0 Å². The van der Waals surface area contributed by atoms with Crippen molar-refractivity contribution in [2.75, 3.05) is 19.0 Å². The van der Waals surface area contributed by atoms with Gasteiger partial charge in [-0.2, -0.15) is 0 Å². The fourth-order valence-electron chi connectivity index (χ4n) is 2.64. The zero-order valence-corrected chi connectivity index (χ0v) is 18.2. The summed E-state index contributed by atoms with van der Waals surface area (Å²) in [6, 6.07) is 9.53. The van der Waals surface area contributed by atoms with Crippen LogP contribution in [0.5, 0.6) is 11.5 Å². The number of nitrogens with one attached hydrogen (secondary N) is 1. The van der Waals surface area contributed by atoms with E-state index in [0.29, 0.717) is 22.4 Å². The fraction of sp³-hybridized carbons (Fsp3) is 0.273. The lowest BCUT2D eigenvalue weighted by molar-refractivity contribution is -0.118. The summed E-state index contributed by atoms with van der Waals surface area (Å²) in [6.45, 7) is 5.71. The summed E-state index contributed by atoms with van der Waals surface area (Å²) in [6.07, 6.45) is 3.32. The summed E-state index contributed by atoms with van der Waals surface area (Å²) < 4.78 is 11.0. The van der Waals surface area contributed by atoms with Crippen molar-refractivity contribution in [3.63, 3.8) is 0 Å². The van der Waals surface area contributed by atoms with Crippen LogP contribution in [0.4, 0.5) is 5.69 Å². The van der Waals surface area contributed by atoms with Crippen molar-refractivity contribution in [1.82, 2.24) is 15.0 Å². The van der Waals surface area contributed by atoms with Crippen molar-refractivity contribution in [2.24, 2.45) is 0 Å². The Kier molecular flexibility index (Phi) is 7.24. The summed E-state index contributed by atoms with van der Waals surface area (Å²) >= 11 is 1.48. The molecule has 1 aromatic carbocycles. The number of aromatic nitrogens is 3. The number of hydrogen-bond acceptors (Lipinski definition) is 7. The molecule has 0 atom stereocenters. The number of methoxy groups -OCH3 is 1. The Morgan fingerprint density at radius 1 is 1.10 bits per heavy atom. The van der Waals surface area contributed by atoms with Gasteiger partial charge in [-0.1, -0.05) is 23.9 Å². The third kappa shape index (κ3) is 5.93. The molecule has 0 saturated heterocycles. The highest BCUT2D eigenvalue weighted by Crippen LogP contribution is 2.29. The van der Waals surface area contributed by atoms with Gasteiger partial charge in [0.25, 0.3) is 5.91 Å². The summed E-state index contributed by atoms with van der Waals surface area (Å²) in [5.74, 6) is 1.25. The highest BCUT2D eigenvalue weighted by Gasteiger charge is 2.12. The molecule has 0 aliphatic rings. The third-order valence-corrected chi connectivity index (χ3v) is 5.15. The van der Waals surface area contributed by atoms with E-state index in [1.165, 1.54) is 18.9 Å². The number of nitrogens with zero attached hydrogens (tertiary/aromatic N) is 3. The smallest absolute Gasteiger partial charge is 0.262 e. The number of amides is 1. The van der Waals surface area contributed by atoms with Gasteiger partial charge in [0, 0.05) is 29.4 Å². The first-order chi connectivity index (χ1) is 14.4. The van der Waals surface area contributed by atoms with E-state index < -0.39 is 0 Å². The van der Waals surface area contributed by atoms with Crippen molar-refractivity contribution in [2.45, 2.75) is 31.7 Å². The quantitative estimate of drug-likeness (QED) is 0.430. The Labute approximate surface area is 180 Å². The molecule has 1 N–H and O–H groups in total. The van der Waals surface area contributed by atoms with Crippen LogP contribution in [-0.2, 0) is 10.5 Å². The molecule has 2 heterocycles. The minimum absolute atomic E-state index is 0.138. The molecule has 30 heavy (non-hydrogen) atoms. The van der Waals surface area contributed by atoms with Gasteiger partial charge in [0.1, 0.15) is 0 Å². The van der Waals surface area contributed by atoms with Gasteiger partial charge < -0.3 is 14.8 Å². The highest BCUT2D eigenvalue weighted by molar-refractivity contribution is 7.98. The molecule has 0 aliphatic heterocycles. The molecular formula is C22H24N4O3S. The Hall–Kier alpha value is -3.13. The number of thioether (sulfide) groups is 1. The van der Waals surface area contributed by atoms with Crippen LogP contribution in [0.1, 0.15) is 22.5 Å². The molecule has 1 amide bonds. The molecular weight excluding hydrogens is 400 g/mol. The Balaban J connectivity index is 1.63. The average molecular weight is 425 g/mol. The highest BCUT2D eigenvalue weighted by atomic mass is 32.2. The van der Waals surface area contributed by atoms with Crippen LogP contribution < -0.4 is 14.8 Å². The minimum Gasteiger partial charge on any atom is -0.491 e. The number of benzene rings is 1. The zero-order valence-electron chi connectivity index (χ0n) is 17.4. The van der Waals surface area contributed by atoms with E-state index in [2.05, 4.69) is 20.3 Å². The van der Waals surface area contributed by atoms with Crippen LogP contribution >= 0.6 is 11.8 Å². The zero-order chi connectivity index (χ0) is 21.5. The number of rotatable bonds is 8. The van der Waals surface area contributed by atoms with Gasteiger partial charge in [-0.15, -0.1) is 0 Å². The molecule has 0 bridgehead atoms. The van der Waals surface area contributed by atoms with Crippen molar-refractivity contribution < 1.29 is 14.3 Å². The monoisotopic (exact) mass is 424 g/mol. The number of pyridine rings is 1. The molecule has 156 valence electrons. The Bertz CT molecular complexity index is 1040. The number of carbonyl (C=O) groups is 1. The van der Waals surface area contributed by atoms with E-state index in [-0.39, 0.29) is 12.5 Å². The Morgan fingerprint density at radius 3 is 2.70 bits per heavy atom. The summed E-state index contributed by atoms with van der Waals surface area (Å²) in [5.41, 5.74) is 4.53. The van der Waals surface area contributed by atoms with Crippen molar-refractivity contribution >= 4 is 23.4 Å². The predicted octanol–water partition coefficient (Wildman–Crippen LogP) is 4.12. The van der Waals surface area contributed by atoms with Crippen molar-refractivity contribution in [3.05, 3.63) is 65.2 Å². The second kappa shape index (κ2) is 10.1. The molecule has 0 radical (unpaired) electrons. The van der Waals surface area contributed by atoms with Gasteiger partial charge >= 0.3 is 0 Å². The van der Waals surface area contributed by atoms with E-state index in [4.69, 9.17) is 9.47 Å². The summed E-state index contributed by atoms with van der Waals surface area (Å²) in [5, 5.41) is 3.57. The lowest BCUT2D eigenvalue weighted by Gasteiger charge is -2.13. The lowest BCUT2D eigenvalue weighted by atomic mass is 10.1. The molecule has 8 heteroatoms. The van der Waals surface area contributed by atoms with Crippen LogP contribution in [0.15, 0.2) is 47.9 Å². The first kappa shape index (κ1) is 21.6. The van der Waals surface area contributed by atoms with E-state index in [0.717, 1.165) is 28.2 Å². The molecule has 3 aromatic rings. The number of anilines is 1. The van der Waals surface area contributed by atoms with Crippen LogP contribution in [0.25, 0.3) is 0 Å². The standard InChI is InChI=1S/C22H24N4O3S/c1-14-5-6-15(2)18(9-14)26-21(27)12-29-19-10-17(24-11-20(19)28-4)13-30-22-23-8-7-16(3)25-22/h5-11H,12-13H2,1-4H3,(H,26,27). The largest absolute Gasteiger partial charge is 0.491 e. The Morgan fingerprint density at radius 2 is 1.93 bits per heavy atom. The summed E-state index contributed by atoms with van der Waals surface area (Å²) in [7, 11) is 1.54. The maximum absolute atomic E-state index is 12.4. The molecule has 0 unspecified atom stereocenters. The van der Waals surface area contributed by atoms with E-state index in [1.807, 2.05) is 45.0 Å². The van der Waals surface area contributed by atoms with Crippen LogP contribution in [0.3, 0.4) is 0 Å². The van der Waals surface area contributed by atoms with Gasteiger partial charge in [0.15, 0.2) is 23.3 Å². The van der Waals surface area contributed by atoms with Gasteiger partial charge in [-0.25, -0.2) is 9.97 Å². The molecule has 3 rings (SSSR count). The first-order valence-electron chi connectivity index (χ1n) is 9.40. The van der Waals surface area contributed by atoms with Gasteiger partial charge in [-0.3, -0.25) is 9.78 Å². The van der Waals surface area contributed by atoms with Crippen LogP contribution in [-0.4, -0.2) is 34.6 Å². The maximum Gasteiger partial charge on any atom is 0.262 e. The molecule has 0 fully saturated rings. The third-order valence-electron chi connectivity index (χ3n) is 4.26. The molecule has 0 saturated carbocycles. The summed E-state index contributed by atoms with van der Waals surface area (Å²) in [4.78, 5) is 25.4. The maximum atomic E-state index is 12.4. The minimum atomic E-state index is -0.244. The van der Waals surface area contributed by atoms with Crippen molar-refractivity contribution in [3.8, 4) is 11.5 Å². The van der Waals surface area contributed by atoms with E-state index >= 15 is 0 Å². The number of hydrogen-bond donors (Lipinski definition) is 1. The first-order valence-corrected chi connectivity index (χ1v) is 10.4. The molecule has 7 nitrogen and oxygen atoms in total. The van der Waals surface area contributed by atoms with Gasteiger partial charge in [-0.05, 0) is 44.0 Å². The van der Waals surface area contributed by atoms with Crippen LogP contribution in [0, 0.1) is 20.8 Å². The normalized spacial score (nSPS) is 10.5. The topological polar surface area (TPSA) is 86.2 Å². The molecule has 2 aromatic heterocycles. The number of carbonyl (C=O) groups excluding carboxylic acids is 1. The predicted molar refractivity (Wildman–Crippen MR) is 117 cm³/mol. The SMILES string of the molecule is COc1cnc(CSc2nccc(C)n2)cc1OCC(=O)Nc1cc(C)ccc1C. The second-order valence-electron chi connectivity index (χ2n) is 6.75. The number of aryl methyl sites for hydroxylation is 3. The number of ether oxygens (including phenoxy) is 2. The van der Waals surface area contributed by atoms with Gasteiger partial charge in [0.2, 0.25) is 0 Å². The lowest BCUT2D eigenvalue weighted by Crippen LogP contribution is -2.21. The van der Waals surface area contributed by atoms with Crippen molar-refractivity contribution in [1.29, 1.82) is 0 Å². The van der Waals surface area contributed by atoms with Gasteiger partial charge in [0.05, 0.1) is 19.0 Å². The fourth-order valence-corrected chi connectivity index (χ4v) is 3.42. The average Bonchev–Trinajstić information content (AvgIpc) is 2.73. The molecule has 0 aliphatic carbocycles.